The summed E-state index contributed by atoms with van der Waals surface area (Å²) >= 11 is 0.788. The molecule has 0 spiro atoms. The molecule has 0 unspecified atom stereocenters. The number of anilines is 1. The number of rotatable bonds is 3. The number of carboxylic acids is 1. The largest absolute Gasteiger partial charge is 0.508 e. The standard InChI is InChI=1S/C17H11NO5S/c19-13-3-1-2-12(9-13)18-15(20)14(24-17(18)23)8-10-4-6-11(7-5-10)16(21)22/h1-9,19H,(H,21,22)/b14-8-. The van der Waals surface area contributed by atoms with Crippen LogP contribution in [0.3, 0.4) is 0 Å². The first-order chi connectivity index (χ1) is 11.5. The maximum absolute atomic E-state index is 12.4. The number of hydrogen-bond acceptors (Lipinski definition) is 5. The molecule has 2 N–H and O–H groups in total. The summed E-state index contributed by atoms with van der Waals surface area (Å²) in [5.74, 6) is -1.57. The number of phenolic OH excluding ortho intramolecular Hbond substituents is 1. The molecule has 2 aromatic rings. The van der Waals surface area contributed by atoms with Crippen LogP contribution in [0.5, 0.6) is 5.75 Å². The van der Waals surface area contributed by atoms with Gasteiger partial charge >= 0.3 is 5.97 Å². The third-order valence-corrected chi connectivity index (χ3v) is 4.21. The zero-order valence-corrected chi connectivity index (χ0v) is 13.0. The molecular weight excluding hydrogens is 330 g/mol. The zero-order valence-electron chi connectivity index (χ0n) is 12.2. The molecule has 6 nitrogen and oxygen atoms in total. The molecule has 1 saturated heterocycles. The highest BCUT2D eigenvalue weighted by atomic mass is 32.2. The van der Waals surface area contributed by atoms with E-state index in [0.717, 1.165) is 16.7 Å². The van der Waals surface area contributed by atoms with Gasteiger partial charge in [-0.25, -0.2) is 9.69 Å². The van der Waals surface area contributed by atoms with Crippen LogP contribution in [0.15, 0.2) is 53.4 Å². The van der Waals surface area contributed by atoms with E-state index in [0.29, 0.717) is 11.3 Å². The topological polar surface area (TPSA) is 94.9 Å². The molecule has 1 aliphatic rings. The van der Waals surface area contributed by atoms with Gasteiger partial charge in [0.2, 0.25) is 0 Å². The second-order valence-corrected chi connectivity index (χ2v) is 5.96. The summed E-state index contributed by atoms with van der Waals surface area (Å²) in [6.07, 6.45) is 1.53. The fourth-order valence-electron chi connectivity index (χ4n) is 2.20. The van der Waals surface area contributed by atoms with Gasteiger partial charge in [-0.1, -0.05) is 18.2 Å². The molecule has 1 aliphatic heterocycles. The number of amides is 2. The number of phenols is 1. The Morgan fingerprint density at radius 2 is 1.79 bits per heavy atom. The number of benzene rings is 2. The van der Waals surface area contributed by atoms with Gasteiger partial charge in [-0.2, -0.15) is 0 Å². The van der Waals surface area contributed by atoms with Crippen molar-refractivity contribution in [3.05, 3.63) is 64.6 Å². The number of aromatic carboxylic acids is 1. The number of nitrogens with zero attached hydrogens (tertiary/aromatic N) is 1. The van der Waals surface area contributed by atoms with E-state index in [9.17, 15) is 19.5 Å². The lowest BCUT2D eigenvalue weighted by Crippen LogP contribution is -2.27. The van der Waals surface area contributed by atoms with Crippen molar-refractivity contribution in [1.82, 2.24) is 0 Å². The van der Waals surface area contributed by atoms with Crippen LogP contribution in [0.25, 0.3) is 6.08 Å². The zero-order chi connectivity index (χ0) is 17.3. The van der Waals surface area contributed by atoms with E-state index in [4.69, 9.17) is 5.11 Å². The number of hydrogen-bond donors (Lipinski definition) is 2. The molecule has 7 heteroatoms. The van der Waals surface area contributed by atoms with Gasteiger partial charge in [0, 0.05) is 6.07 Å². The predicted molar refractivity (Wildman–Crippen MR) is 90.0 cm³/mol. The van der Waals surface area contributed by atoms with Gasteiger partial charge in [-0.15, -0.1) is 0 Å². The van der Waals surface area contributed by atoms with Crippen LogP contribution in [-0.2, 0) is 4.79 Å². The van der Waals surface area contributed by atoms with Crippen molar-refractivity contribution in [3.8, 4) is 5.75 Å². The maximum atomic E-state index is 12.4. The summed E-state index contributed by atoms with van der Waals surface area (Å²) in [7, 11) is 0. The first kappa shape index (κ1) is 15.8. The highest BCUT2D eigenvalue weighted by Crippen LogP contribution is 2.36. The minimum Gasteiger partial charge on any atom is -0.508 e. The Balaban J connectivity index is 1.89. The summed E-state index contributed by atoms with van der Waals surface area (Å²) in [4.78, 5) is 36.6. The summed E-state index contributed by atoms with van der Waals surface area (Å²) in [6, 6.07) is 11.9. The van der Waals surface area contributed by atoms with Crippen molar-refractivity contribution in [2.75, 3.05) is 4.90 Å². The van der Waals surface area contributed by atoms with E-state index < -0.39 is 17.1 Å². The fraction of sp³-hybridized carbons (Fsp3) is 0. The van der Waals surface area contributed by atoms with E-state index in [2.05, 4.69) is 0 Å². The smallest absolute Gasteiger partial charge is 0.335 e. The first-order valence-corrected chi connectivity index (χ1v) is 7.68. The van der Waals surface area contributed by atoms with Crippen molar-refractivity contribution >= 4 is 40.6 Å². The molecule has 0 atom stereocenters. The molecule has 24 heavy (non-hydrogen) atoms. The van der Waals surface area contributed by atoms with Gasteiger partial charge in [0.05, 0.1) is 16.2 Å². The lowest BCUT2D eigenvalue weighted by molar-refractivity contribution is -0.113. The Morgan fingerprint density at radius 3 is 2.42 bits per heavy atom. The van der Waals surface area contributed by atoms with Crippen molar-refractivity contribution < 1.29 is 24.6 Å². The highest BCUT2D eigenvalue weighted by molar-refractivity contribution is 8.19. The van der Waals surface area contributed by atoms with Crippen LogP contribution in [0, 0.1) is 0 Å². The fourth-order valence-corrected chi connectivity index (χ4v) is 3.04. The summed E-state index contributed by atoms with van der Waals surface area (Å²) in [5.41, 5.74) is 1.04. The van der Waals surface area contributed by atoms with Crippen LogP contribution in [-0.4, -0.2) is 27.3 Å². The summed E-state index contributed by atoms with van der Waals surface area (Å²) in [6.45, 7) is 0. The molecule has 0 saturated carbocycles. The molecule has 2 amide bonds. The minimum absolute atomic E-state index is 0.0419. The molecule has 0 aromatic heterocycles. The third-order valence-electron chi connectivity index (χ3n) is 3.34. The van der Waals surface area contributed by atoms with Crippen LogP contribution < -0.4 is 4.90 Å². The van der Waals surface area contributed by atoms with E-state index in [-0.39, 0.29) is 16.2 Å². The molecule has 1 fully saturated rings. The number of aromatic hydroxyl groups is 1. The highest BCUT2D eigenvalue weighted by Gasteiger charge is 2.36. The predicted octanol–water partition coefficient (Wildman–Crippen LogP) is 3.33. The SMILES string of the molecule is O=C(O)c1ccc(/C=C2\SC(=O)N(c3cccc(O)c3)C2=O)cc1. The Labute approximate surface area is 141 Å². The molecule has 3 rings (SSSR count). The number of carboxylic acid groups (broad SMARTS) is 1. The molecule has 0 aliphatic carbocycles. The quantitative estimate of drug-likeness (QED) is 0.832. The maximum Gasteiger partial charge on any atom is 0.335 e. The average Bonchev–Trinajstić information content (AvgIpc) is 2.82. The van der Waals surface area contributed by atoms with Crippen molar-refractivity contribution in [1.29, 1.82) is 0 Å². The first-order valence-electron chi connectivity index (χ1n) is 6.86. The number of carbonyl (C=O) groups excluding carboxylic acids is 2. The normalized spacial score (nSPS) is 16.0. The van der Waals surface area contributed by atoms with E-state index in [1.54, 1.807) is 24.3 Å². The van der Waals surface area contributed by atoms with Gasteiger partial charge < -0.3 is 10.2 Å². The average molecular weight is 341 g/mol. The summed E-state index contributed by atoms with van der Waals surface area (Å²) < 4.78 is 0. The monoisotopic (exact) mass is 341 g/mol. The van der Waals surface area contributed by atoms with E-state index >= 15 is 0 Å². The van der Waals surface area contributed by atoms with Gasteiger partial charge in [-0.3, -0.25) is 9.59 Å². The number of carbonyl (C=O) groups is 3. The molecule has 1 heterocycles. The number of imide groups is 1. The van der Waals surface area contributed by atoms with Crippen molar-refractivity contribution in [3.63, 3.8) is 0 Å². The van der Waals surface area contributed by atoms with Crippen molar-refractivity contribution in [2.45, 2.75) is 0 Å². The van der Waals surface area contributed by atoms with Gasteiger partial charge in [0.15, 0.2) is 0 Å². The minimum atomic E-state index is -1.04. The van der Waals surface area contributed by atoms with Crippen LogP contribution in [0.2, 0.25) is 0 Å². The van der Waals surface area contributed by atoms with E-state index in [1.165, 1.54) is 30.3 Å². The Morgan fingerprint density at radius 1 is 1.08 bits per heavy atom. The second-order valence-electron chi connectivity index (χ2n) is 4.96. The van der Waals surface area contributed by atoms with Crippen LogP contribution in [0.4, 0.5) is 10.5 Å². The van der Waals surface area contributed by atoms with Gasteiger partial charge in [0.25, 0.3) is 11.1 Å². The third kappa shape index (κ3) is 3.02. The van der Waals surface area contributed by atoms with Gasteiger partial charge in [0.1, 0.15) is 5.75 Å². The van der Waals surface area contributed by atoms with Crippen LogP contribution in [0.1, 0.15) is 15.9 Å². The number of thioether (sulfide) groups is 1. The molecular formula is C17H11NO5S. The molecule has 0 radical (unpaired) electrons. The van der Waals surface area contributed by atoms with Crippen LogP contribution >= 0.6 is 11.8 Å². The van der Waals surface area contributed by atoms with Crippen molar-refractivity contribution in [2.24, 2.45) is 0 Å². The summed E-state index contributed by atoms with van der Waals surface area (Å²) in [5, 5.41) is 17.9. The second kappa shape index (κ2) is 6.21. The molecule has 120 valence electrons. The Kier molecular flexibility index (Phi) is 4.09. The van der Waals surface area contributed by atoms with E-state index in [1.807, 2.05) is 0 Å². The lowest BCUT2D eigenvalue weighted by atomic mass is 10.1. The van der Waals surface area contributed by atoms with Gasteiger partial charge in [-0.05, 0) is 47.7 Å². The molecule has 0 bridgehead atoms. The Bertz CT molecular complexity index is 873. The molecule has 2 aromatic carbocycles. The Hall–Kier alpha value is -3.06. The lowest BCUT2D eigenvalue weighted by Gasteiger charge is -2.12.